The monoisotopic (exact) mass is 269 g/mol. The number of aliphatic hydroxyl groups is 1. The van der Waals surface area contributed by atoms with Crippen LogP contribution in [0.4, 0.5) is 0 Å². The zero-order chi connectivity index (χ0) is 13.8. The zero-order valence-electron chi connectivity index (χ0n) is 11.3. The summed E-state index contributed by atoms with van der Waals surface area (Å²) in [5.41, 5.74) is 0. The second-order valence-corrected chi connectivity index (χ2v) is 5.79. The summed E-state index contributed by atoms with van der Waals surface area (Å²) in [5.74, 6) is -1.36. The van der Waals surface area contributed by atoms with Gasteiger partial charge in [0.05, 0.1) is 11.8 Å². The molecule has 108 valence electrons. The number of carboxylic acid groups (broad SMARTS) is 1. The van der Waals surface area contributed by atoms with Crippen LogP contribution in [0, 0.1) is 17.8 Å². The molecule has 2 fully saturated rings. The van der Waals surface area contributed by atoms with Crippen LogP contribution < -0.4 is 0 Å². The first kappa shape index (κ1) is 14.3. The van der Waals surface area contributed by atoms with Gasteiger partial charge in [0.25, 0.3) is 0 Å². The summed E-state index contributed by atoms with van der Waals surface area (Å²) in [6.07, 6.45) is 4.84. The predicted molar refractivity (Wildman–Crippen MR) is 69.5 cm³/mol. The lowest BCUT2D eigenvalue weighted by Gasteiger charge is -2.36. The Morgan fingerprint density at radius 2 is 1.58 bits per heavy atom. The van der Waals surface area contributed by atoms with Crippen molar-refractivity contribution in [2.75, 3.05) is 19.7 Å². The lowest BCUT2D eigenvalue weighted by molar-refractivity contribution is -0.153. The highest BCUT2D eigenvalue weighted by Gasteiger charge is 2.38. The number of piperidine rings is 1. The van der Waals surface area contributed by atoms with Crippen molar-refractivity contribution in [3.05, 3.63) is 0 Å². The fraction of sp³-hybridized carbons (Fsp3) is 0.857. The lowest BCUT2D eigenvalue weighted by atomic mass is 9.78. The molecule has 1 saturated carbocycles. The number of hydrogen-bond acceptors (Lipinski definition) is 3. The van der Waals surface area contributed by atoms with Crippen LogP contribution in [0.3, 0.4) is 0 Å². The van der Waals surface area contributed by atoms with Crippen LogP contribution in [0.1, 0.15) is 38.5 Å². The van der Waals surface area contributed by atoms with Crippen molar-refractivity contribution in [3.8, 4) is 0 Å². The van der Waals surface area contributed by atoms with Gasteiger partial charge in [0, 0.05) is 19.7 Å². The molecule has 0 unspecified atom stereocenters. The summed E-state index contributed by atoms with van der Waals surface area (Å²) in [4.78, 5) is 25.5. The fourth-order valence-electron chi connectivity index (χ4n) is 3.29. The Kier molecular flexibility index (Phi) is 4.80. The van der Waals surface area contributed by atoms with Crippen LogP contribution in [-0.2, 0) is 9.59 Å². The van der Waals surface area contributed by atoms with E-state index in [-0.39, 0.29) is 18.4 Å². The van der Waals surface area contributed by atoms with Gasteiger partial charge in [0.15, 0.2) is 0 Å². The lowest BCUT2D eigenvalue weighted by Crippen LogP contribution is -2.46. The van der Waals surface area contributed by atoms with Crippen LogP contribution in [0.2, 0.25) is 0 Å². The number of carbonyl (C=O) groups excluding carboxylic acids is 1. The Bertz CT molecular complexity index is 336. The van der Waals surface area contributed by atoms with Gasteiger partial charge in [-0.1, -0.05) is 12.8 Å². The molecule has 5 heteroatoms. The smallest absolute Gasteiger partial charge is 0.307 e. The van der Waals surface area contributed by atoms with Crippen LogP contribution in [0.25, 0.3) is 0 Å². The van der Waals surface area contributed by atoms with E-state index in [2.05, 4.69) is 0 Å². The highest BCUT2D eigenvalue weighted by Crippen LogP contribution is 2.32. The molecule has 0 bridgehead atoms. The second kappa shape index (κ2) is 6.37. The van der Waals surface area contributed by atoms with E-state index in [1.165, 1.54) is 0 Å². The van der Waals surface area contributed by atoms with Crippen molar-refractivity contribution >= 4 is 11.9 Å². The number of likely N-dealkylation sites (tertiary alicyclic amines) is 1. The van der Waals surface area contributed by atoms with Gasteiger partial charge >= 0.3 is 5.97 Å². The maximum atomic E-state index is 12.5. The molecule has 0 aromatic rings. The van der Waals surface area contributed by atoms with Crippen molar-refractivity contribution in [1.82, 2.24) is 4.90 Å². The standard InChI is InChI=1S/C14H23NO4/c16-9-10-5-7-15(8-6-10)13(17)11-3-1-2-4-12(11)14(18)19/h10-12,16H,1-9H2,(H,18,19)/t11-,12+/m1/s1. The highest BCUT2D eigenvalue weighted by molar-refractivity contribution is 5.85. The minimum absolute atomic E-state index is 0.0171. The van der Waals surface area contributed by atoms with Gasteiger partial charge in [0.1, 0.15) is 0 Å². The van der Waals surface area contributed by atoms with E-state index in [4.69, 9.17) is 5.11 Å². The van der Waals surface area contributed by atoms with E-state index < -0.39 is 11.9 Å². The average Bonchev–Trinajstić information content (AvgIpc) is 2.46. The van der Waals surface area contributed by atoms with E-state index >= 15 is 0 Å². The van der Waals surface area contributed by atoms with E-state index in [0.29, 0.717) is 31.8 Å². The summed E-state index contributed by atoms with van der Waals surface area (Å²) in [6, 6.07) is 0. The Labute approximate surface area is 113 Å². The summed E-state index contributed by atoms with van der Waals surface area (Å²) in [7, 11) is 0. The number of amides is 1. The van der Waals surface area contributed by atoms with Crippen molar-refractivity contribution in [2.45, 2.75) is 38.5 Å². The first-order valence-corrected chi connectivity index (χ1v) is 7.26. The molecule has 2 aliphatic rings. The molecule has 2 atom stereocenters. The quantitative estimate of drug-likeness (QED) is 0.804. The molecule has 0 aromatic carbocycles. The Hall–Kier alpha value is -1.10. The number of aliphatic carboxylic acids is 1. The molecular weight excluding hydrogens is 246 g/mol. The van der Waals surface area contributed by atoms with Crippen molar-refractivity contribution in [2.24, 2.45) is 17.8 Å². The molecule has 2 N–H and O–H groups in total. The summed E-state index contributed by atoms with van der Waals surface area (Å²) >= 11 is 0. The summed E-state index contributed by atoms with van der Waals surface area (Å²) in [6.45, 7) is 1.50. The third-order valence-electron chi connectivity index (χ3n) is 4.58. The van der Waals surface area contributed by atoms with Gasteiger partial charge in [-0.05, 0) is 31.6 Å². The molecule has 1 amide bonds. The molecule has 0 spiro atoms. The Morgan fingerprint density at radius 1 is 1.00 bits per heavy atom. The minimum atomic E-state index is -0.830. The number of rotatable bonds is 3. The number of carboxylic acids is 1. The first-order valence-electron chi connectivity index (χ1n) is 7.26. The molecule has 0 radical (unpaired) electrons. The molecule has 5 nitrogen and oxygen atoms in total. The Morgan fingerprint density at radius 3 is 2.11 bits per heavy atom. The predicted octanol–water partition coefficient (Wildman–Crippen LogP) is 1.11. The first-order chi connectivity index (χ1) is 9.13. The van der Waals surface area contributed by atoms with E-state index in [1.54, 1.807) is 4.90 Å². The van der Waals surface area contributed by atoms with Gasteiger partial charge in [-0.3, -0.25) is 9.59 Å². The van der Waals surface area contributed by atoms with Gasteiger partial charge in [0.2, 0.25) is 5.91 Å². The molecular formula is C14H23NO4. The molecule has 1 aliphatic carbocycles. The van der Waals surface area contributed by atoms with Crippen molar-refractivity contribution in [1.29, 1.82) is 0 Å². The van der Waals surface area contributed by atoms with Crippen molar-refractivity contribution in [3.63, 3.8) is 0 Å². The molecule has 1 saturated heterocycles. The number of carbonyl (C=O) groups is 2. The third kappa shape index (κ3) is 3.26. The van der Waals surface area contributed by atoms with Crippen LogP contribution >= 0.6 is 0 Å². The largest absolute Gasteiger partial charge is 0.481 e. The number of nitrogens with zero attached hydrogens (tertiary/aromatic N) is 1. The maximum absolute atomic E-state index is 12.5. The second-order valence-electron chi connectivity index (χ2n) is 5.79. The Balaban J connectivity index is 1.96. The fourth-order valence-corrected chi connectivity index (χ4v) is 3.29. The number of aliphatic hydroxyl groups excluding tert-OH is 1. The van der Waals surface area contributed by atoms with E-state index in [9.17, 15) is 14.7 Å². The van der Waals surface area contributed by atoms with Gasteiger partial charge < -0.3 is 15.1 Å². The maximum Gasteiger partial charge on any atom is 0.307 e. The van der Waals surface area contributed by atoms with Crippen LogP contribution in [0.5, 0.6) is 0 Å². The van der Waals surface area contributed by atoms with Crippen LogP contribution in [-0.4, -0.2) is 46.7 Å². The van der Waals surface area contributed by atoms with E-state index in [1.807, 2.05) is 0 Å². The van der Waals surface area contributed by atoms with Gasteiger partial charge in [-0.2, -0.15) is 0 Å². The zero-order valence-corrected chi connectivity index (χ0v) is 11.3. The van der Waals surface area contributed by atoms with Crippen LogP contribution in [0.15, 0.2) is 0 Å². The number of hydrogen-bond donors (Lipinski definition) is 2. The third-order valence-corrected chi connectivity index (χ3v) is 4.58. The van der Waals surface area contributed by atoms with Gasteiger partial charge in [-0.25, -0.2) is 0 Å². The molecule has 0 aromatic heterocycles. The molecule has 2 rings (SSSR count). The average molecular weight is 269 g/mol. The van der Waals surface area contributed by atoms with E-state index in [0.717, 1.165) is 25.7 Å². The summed E-state index contributed by atoms with van der Waals surface area (Å²) < 4.78 is 0. The highest BCUT2D eigenvalue weighted by atomic mass is 16.4. The van der Waals surface area contributed by atoms with Gasteiger partial charge in [-0.15, -0.1) is 0 Å². The van der Waals surface area contributed by atoms with Crippen molar-refractivity contribution < 1.29 is 19.8 Å². The normalized spacial score (nSPS) is 29.2. The molecule has 19 heavy (non-hydrogen) atoms. The molecule has 1 aliphatic heterocycles. The summed E-state index contributed by atoms with van der Waals surface area (Å²) in [5, 5.41) is 18.3. The minimum Gasteiger partial charge on any atom is -0.481 e. The topological polar surface area (TPSA) is 77.8 Å². The molecule has 1 heterocycles. The SMILES string of the molecule is O=C(O)[C@H]1CCCC[C@H]1C(=O)N1CCC(CO)CC1.